The summed E-state index contributed by atoms with van der Waals surface area (Å²) in [4.78, 5) is 18.6. The van der Waals surface area contributed by atoms with Gasteiger partial charge in [-0.05, 0) is 31.5 Å². The topological polar surface area (TPSA) is 75.2 Å². The van der Waals surface area contributed by atoms with Crippen LogP contribution in [0.2, 0.25) is 0 Å². The van der Waals surface area contributed by atoms with Gasteiger partial charge in [0.05, 0.1) is 0 Å². The fraction of sp³-hybridized carbons (Fsp3) is 0.286. The fourth-order valence-electron chi connectivity index (χ4n) is 1.88. The van der Waals surface area contributed by atoms with Crippen LogP contribution >= 0.6 is 0 Å². The van der Waals surface area contributed by atoms with Crippen molar-refractivity contribution < 1.29 is 14.2 Å². The molecular formula is C14H15FN2O3. The molecule has 1 aromatic carbocycles. The van der Waals surface area contributed by atoms with E-state index in [1.807, 2.05) is 6.92 Å². The van der Waals surface area contributed by atoms with E-state index in [-0.39, 0.29) is 11.4 Å². The predicted molar refractivity (Wildman–Crippen MR) is 72.0 cm³/mol. The van der Waals surface area contributed by atoms with Gasteiger partial charge in [0, 0.05) is 6.61 Å². The highest BCUT2D eigenvalue weighted by atomic mass is 19.1. The zero-order chi connectivity index (χ0) is 14.7. The minimum Gasteiger partial charge on any atom is -0.493 e. The molecule has 6 heteroatoms. The van der Waals surface area contributed by atoms with Gasteiger partial charge >= 0.3 is 0 Å². The molecule has 0 aliphatic rings. The maximum absolute atomic E-state index is 12.9. The van der Waals surface area contributed by atoms with Gasteiger partial charge in [0.2, 0.25) is 5.88 Å². The smallest absolute Gasteiger partial charge is 0.262 e. The first kappa shape index (κ1) is 14.2. The zero-order valence-electron chi connectivity index (χ0n) is 11.2. The summed E-state index contributed by atoms with van der Waals surface area (Å²) in [6.45, 7) is 4.01. The van der Waals surface area contributed by atoms with E-state index in [2.05, 4.69) is 9.97 Å². The molecule has 2 N–H and O–H groups in total. The molecule has 20 heavy (non-hydrogen) atoms. The first-order valence-corrected chi connectivity index (χ1v) is 6.23. The molecule has 0 saturated heterocycles. The van der Waals surface area contributed by atoms with Gasteiger partial charge in [0.25, 0.3) is 5.56 Å². The number of aromatic amines is 1. The minimum absolute atomic E-state index is 0.0115. The van der Waals surface area contributed by atoms with E-state index < -0.39 is 23.4 Å². The lowest BCUT2D eigenvalue weighted by Gasteiger charge is -2.12. The van der Waals surface area contributed by atoms with Crippen molar-refractivity contribution in [3.05, 3.63) is 46.3 Å². The lowest BCUT2D eigenvalue weighted by Crippen LogP contribution is -2.16. The van der Waals surface area contributed by atoms with Crippen LogP contribution in [0.25, 0.3) is 11.1 Å². The molecule has 0 amide bonds. The van der Waals surface area contributed by atoms with E-state index in [0.717, 1.165) is 0 Å². The Hall–Kier alpha value is -2.21. The van der Waals surface area contributed by atoms with Crippen molar-refractivity contribution in [2.75, 3.05) is 6.61 Å². The molecule has 2 aromatic rings. The number of hydrogen-bond acceptors (Lipinski definition) is 4. The van der Waals surface area contributed by atoms with Crippen LogP contribution in [-0.4, -0.2) is 21.7 Å². The number of benzene rings is 1. The summed E-state index contributed by atoms with van der Waals surface area (Å²) in [7, 11) is 0. The van der Waals surface area contributed by atoms with Crippen LogP contribution in [0, 0.1) is 5.82 Å². The molecule has 0 fully saturated rings. The summed E-state index contributed by atoms with van der Waals surface area (Å²) in [6, 6.07) is 5.25. The molecule has 1 atom stereocenters. The lowest BCUT2D eigenvalue weighted by atomic mass is 10.1. The quantitative estimate of drug-likeness (QED) is 0.900. The maximum atomic E-state index is 12.9. The number of nitrogens with zero attached hydrogens (tertiary/aromatic N) is 1. The monoisotopic (exact) mass is 278 g/mol. The highest BCUT2D eigenvalue weighted by Gasteiger charge is 2.16. The molecular weight excluding hydrogens is 263 g/mol. The SMILES string of the molecule is CCOC(C)c1nc(O)c(-c2ccc(F)cc2)c(=O)[nH]1. The van der Waals surface area contributed by atoms with Gasteiger partial charge in [0.1, 0.15) is 23.3 Å². The molecule has 1 unspecified atom stereocenters. The number of halogens is 1. The van der Waals surface area contributed by atoms with Crippen LogP contribution in [-0.2, 0) is 4.74 Å². The van der Waals surface area contributed by atoms with Crippen LogP contribution < -0.4 is 5.56 Å². The van der Waals surface area contributed by atoms with Crippen molar-refractivity contribution in [2.24, 2.45) is 0 Å². The Labute approximate surface area is 115 Å². The second-order valence-electron chi connectivity index (χ2n) is 4.25. The molecule has 0 saturated carbocycles. The summed E-state index contributed by atoms with van der Waals surface area (Å²) in [6.07, 6.45) is -0.430. The Morgan fingerprint density at radius 3 is 2.60 bits per heavy atom. The standard InChI is InChI=1S/C14H15FN2O3/c1-3-20-8(2)12-16-13(18)11(14(19)17-12)9-4-6-10(15)7-5-9/h4-8H,3H2,1-2H3,(H2,16,17,18,19). The van der Waals surface area contributed by atoms with Gasteiger partial charge in [-0.25, -0.2) is 4.39 Å². The number of aromatic nitrogens is 2. The summed E-state index contributed by atoms with van der Waals surface area (Å²) >= 11 is 0. The van der Waals surface area contributed by atoms with Crippen molar-refractivity contribution in [1.29, 1.82) is 0 Å². The van der Waals surface area contributed by atoms with Crippen LogP contribution in [0.1, 0.15) is 25.8 Å². The highest BCUT2D eigenvalue weighted by Crippen LogP contribution is 2.24. The highest BCUT2D eigenvalue weighted by molar-refractivity contribution is 5.67. The molecule has 0 bridgehead atoms. The van der Waals surface area contributed by atoms with Gasteiger partial charge in [-0.1, -0.05) is 12.1 Å². The van der Waals surface area contributed by atoms with Crippen molar-refractivity contribution >= 4 is 0 Å². The number of hydrogen-bond donors (Lipinski definition) is 2. The van der Waals surface area contributed by atoms with E-state index in [1.54, 1.807) is 6.92 Å². The molecule has 0 aliphatic heterocycles. The van der Waals surface area contributed by atoms with Crippen molar-refractivity contribution in [2.45, 2.75) is 20.0 Å². The van der Waals surface area contributed by atoms with Gasteiger partial charge in [0.15, 0.2) is 0 Å². The zero-order valence-corrected chi connectivity index (χ0v) is 11.2. The van der Waals surface area contributed by atoms with E-state index in [1.165, 1.54) is 24.3 Å². The molecule has 0 aliphatic carbocycles. The minimum atomic E-state index is -0.495. The fourth-order valence-corrected chi connectivity index (χ4v) is 1.88. The summed E-state index contributed by atoms with van der Waals surface area (Å²) in [5.74, 6) is -0.568. The molecule has 106 valence electrons. The number of nitrogens with one attached hydrogen (secondary N) is 1. The molecule has 2 rings (SSSR count). The molecule has 0 radical (unpaired) electrons. The Kier molecular flexibility index (Phi) is 4.14. The van der Waals surface area contributed by atoms with Crippen LogP contribution in [0.5, 0.6) is 5.88 Å². The molecule has 1 heterocycles. The van der Waals surface area contributed by atoms with Crippen molar-refractivity contribution in [3.63, 3.8) is 0 Å². The van der Waals surface area contributed by atoms with Crippen molar-refractivity contribution in [3.8, 4) is 17.0 Å². The molecule has 5 nitrogen and oxygen atoms in total. The predicted octanol–water partition coefficient (Wildman–Crippen LogP) is 2.38. The second kappa shape index (κ2) is 5.83. The Morgan fingerprint density at radius 2 is 2.05 bits per heavy atom. The molecule has 1 aromatic heterocycles. The summed E-state index contributed by atoms with van der Waals surface area (Å²) < 4.78 is 18.2. The lowest BCUT2D eigenvalue weighted by molar-refractivity contribution is 0.0694. The van der Waals surface area contributed by atoms with E-state index >= 15 is 0 Å². The second-order valence-corrected chi connectivity index (χ2v) is 4.25. The summed E-state index contributed by atoms with van der Waals surface area (Å²) in [5, 5.41) is 9.93. The van der Waals surface area contributed by atoms with Crippen LogP contribution in [0.15, 0.2) is 29.1 Å². The average molecular weight is 278 g/mol. The first-order chi connectivity index (χ1) is 9.52. The number of rotatable bonds is 4. The third-order valence-electron chi connectivity index (χ3n) is 2.85. The third kappa shape index (κ3) is 2.85. The Morgan fingerprint density at radius 1 is 1.40 bits per heavy atom. The molecule has 0 spiro atoms. The van der Waals surface area contributed by atoms with Crippen LogP contribution in [0.4, 0.5) is 4.39 Å². The number of H-pyrrole nitrogens is 1. The maximum Gasteiger partial charge on any atom is 0.262 e. The summed E-state index contributed by atoms with van der Waals surface area (Å²) in [5.41, 5.74) is -0.0867. The van der Waals surface area contributed by atoms with Gasteiger partial charge in [-0.15, -0.1) is 0 Å². The van der Waals surface area contributed by atoms with Gasteiger partial charge in [-0.2, -0.15) is 4.98 Å². The van der Waals surface area contributed by atoms with E-state index in [9.17, 15) is 14.3 Å². The average Bonchev–Trinajstić information content (AvgIpc) is 2.40. The number of ether oxygens (including phenoxy) is 1. The van der Waals surface area contributed by atoms with Crippen molar-refractivity contribution in [1.82, 2.24) is 9.97 Å². The van der Waals surface area contributed by atoms with E-state index in [4.69, 9.17) is 4.74 Å². The van der Waals surface area contributed by atoms with E-state index in [0.29, 0.717) is 12.2 Å². The Bertz CT molecular complexity index is 652. The Balaban J connectivity index is 2.46. The van der Waals surface area contributed by atoms with Crippen LogP contribution in [0.3, 0.4) is 0 Å². The van der Waals surface area contributed by atoms with Gasteiger partial charge < -0.3 is 14.8 Å². The normalized spacial score (nSPS) is 12.3. The largest absolute Gasteiger partial charge is 0.493 e. The third-order valence-corrected chi connectivity index (χ3v) is 2.85. The number of aromatic hydroxyl groups is 1. The van der Waals surface area contributed by atoms with Gasteiger partial charge in [-0.3, -0.25) is 4.79 Å². The first-order valence-electron chi connectivity index (χ1n) is 6.23.